The average molecular weight is 415 g/mol. The summed E-state index contributed by atoms with van der Waals surface area (Å²) in [6.07, 6.45) is 1.45. The van der Waals surface area contributed by atoms with Crippen LogP contribution in [0.2, 0.25) is 0 Å². The number of hydrogen-bond donors (Lipinski definition) is 2. The molecule has 0 spiro atoms. The Hall–Kier alpha value is -2.93. The first kappa shape index (κ1) is 22.4. The van der Waals surface area contributed by atoms with Crippen LogP contribution in [0.1, 0.15) is 45.0 Å². The molecule has 2 aromatic rings. The minimum atomic E-state index is -0.665. The van der Waals surface area contributed by atoms with Crippen LogP contribution in [0.25, 0.3) is 11.1 Å². The Morgan fingerprint density at radius 1 is 1.10 bits per heavy atom. The molecule has 2 N–H and O–H groups in total. The Balaban J connectivity index is 2.29. The SMILES string of the molecule is CC(C)=CC(=O)Nc1scc(-c2ccccc2)c1C(=O)OCC(=O)NC(C)(C)C. The normalized spacial score (nSPS) is 10.8. The standard InChI is InChI=1S/C22H26N2O4S/c1-14(2)11-17(25)23-20-19(16(13-29-20)15-9-7-6-8-10-15)21(27)28-12-18(26)24-22(3,4)5/h6-11,13H,12H2,1-5H3,(H,23,25)(H,24,26). The first-order valence-electron chi connectivity index (χ1n) is 9.18. The van der Waals surface area contributed by atoms with Crippen molar-refractivity contribution in [3.8, 4) is 11.1 Å². The van der Waals surface area contributed by atoms with Crippen LogP contribution in [0.5, 0.6) is 0 Å². The number of rotatable bonds is 6. The predicted molar refractivity (Wildman–Crippen MR) is 116 cm³/mol. The summed E-state index contributed by atoms with van der Waals surface area (Å²) in [5, 5.41) is 7.66. The number of ether oxygens (including phenoxy) is 1. The molecule has 0 aliphatic rings. The summed E-state index contributed by atoms with van der Waals surface area (Å²) in [7, 11) is 0. The molecule has 1 heterocycles. The van der Waals surface area contributed by atoms with Gasteiger partial charge in [-0.25, -0.2) is 4.79 Å². The van der Waals surface area contributed by atoms with Gasteiger partial charge in [0.05, 0.1) is 0 Å². The second kappa shape index (κ2) is 9.52. The third kappa shape index (κ3) is 6.87. The fraction of sp³-hybridized carbons (Fsp3) is 0.318. The summed E-state index contributed by atoms with van der Waals surface area (Å²) in [6.45, 7) is 8.75. The van der Waals surface area contributed by atoms with Crippen LogP contribution in [0.3, 0.4) is 0 Å². The molecular weight excluding hydrogens is 388 g/mol. The molecule has 0 radical (unpaired) electrons. The van der Waals surface area contributed by atoms with Crippen LogP contribution in [-0.2, 0) is 14.3 Å². The van der Waals surface area contributed by atoms with Gasteiger partial charge in [0, 0.05) is 22.6 Å². The van der Waals surface area contributed by atoms with Crippen LogP contribution in [0.15, 0.2) is 47.4 Å². The summed E-state index contributed by atoms with van der Waals surface area (Å²) in [4.78, 5) is 37.0. The molecule has 0 atom stereocenters. The fourth-order valence-corrected chi connectivity index (χ4v) is 3.51. The quantitative estimate of drug-likeness (QED) is 0.542. The number of carbonyl (C=O) groups is 3. The molecule has 1 aromatic carbocycles. The van der Waals surface area contributed by atoms with Crippen LogP contribution >= 0.6 is 11.3 Å². The van der Waals surface area contributed by atoms with E-state index in [1.54, 1.807) is 5.38 Å². The van der Waals surface area contributed by atoms with Gasteiger partial charge < -0.3 is 15.4 Å². The summed E-state index contributed by atoms with van der Waals surface area (Å²) in [6, 6.07) is 9.34. The van der Waals surface area contributed by atoms with E-state index in [-0.39, 0.29) is 11.5 Å². The van der Waals surface area contributed by atoms with Crippen molar-refractivity contribution >= 4 is 34.1 Å². The van der Waals surface area contributed by atoms with E-state index in [2.05, 4.69) is 10.6 Å². The number of anilines is 1. The molecule has 29 heavy (non-hydrogen) atoms. The Bertz CT molecular complexity index is 920. The molecule has 2 rings (SSSR count). The van der Waals surface area contributed by atoms with Crippen molar-refractivity contribution in [1.29, 1.82) is 0 Å². The Morgan fingerprint density at radius 2 is 1.76 bits per heavy atom. The molecule has 7 heteroatoms. The number of esters is 1. The minimum Gasteiger partial charge on any atom is -0.452 e. The lowest BCUT2D eigenvalue weighted by Gasteiger charge is -2.20. The summed E-state index contributed by atoms with van der Waals surface area (Å²) in [5.41, 5.74) is 2.11. The van der Waals surface area contributed by atoms with Crippen LogP contribution < -0.4 is 10.6 Å². The van der Waals surface area contributed by atoms with E-state index in [0.717, 1.165) is 11.1 Å². The van der Waals surface area contributed by atoms with Gasteiger partial charge in [-0.2, -0.15) is 0 Å². The summed E-state index contributed by atoms with van der Waals surface area (Å²) < 4.78 is 5.25. The maximum absolute atomic E-state index is 12.8. The molecule has 0 unspecified atom stereocenters. The zero-order valence-corrected chi connectivity index (χ0v) is 18.1. The molecule has 2 amide bonds. The average Bonchev–Trinajstić information content (AvgIpc) is 3.01. The highest BCUT2D eigenvalue weighted by Gasteiger charge is 2.24. The highest BCUT2D eigenvalue weighted by Crippen LogP contribution is 2.36. The highest BCUT2D eigenvalue weighted by molar-refractivity contribution is 7.15. The van der Waals surface area contributed by atoms with Gasteiger partial charge in [0.25, 0.3) is 5.91 Å². The monoisotopic (exact) mass is 414 g/mol. The number of thiophene rings is 1. The number of amides is 2. The molecule has 0 fully saturated rings. The van der Waals surface area contributed by atoms with Gasteiger partial charge in [0.15, 0.2) is 6.61 Å². The molecule has 0 saturated heterocycles. The third-order valence-corrected chi connectivity index (χ3v) is 4.48. The van der Waals surface area contributed by atoms with E-state index < -0.39 is 24.0 Å². The van der Waals surface area contributed by atoms with Gasteiger partial charge in [0.1, 0.15) is 10.6 Å². The van der Waals surface area contributed by atoms with E-state index in [1.807, 2.05) is 65.0 Å². The van der Waals surface area contributed by atoms with E-state index in [1.165, 1.54) is 17.4 Å². The number of benzene rings is 1. The van der Waals surface area contributed by atoms with Gasteiger partial charge in [0.2, 0.25) is 5.91 Å². The van der Waals surface area contributed by atoms with Crippen LogP contribution in [-0.4, -0.2) is 29.9 Å². The van der Waals surface area contributed by atoms with Crippen molar-refractivity contribution < 1.29 is 19.1 Å². The third-order valence-electron chi connectivity index (χ3n) is 3.59. The number of allylic oxidation sites excluding steroid dienone is 1. The van der Waals surface area contributed by atoms with Gasteiger partial charge in [-0.3, -0.25) is 9.59 Å². The first-order chi connectivity index (χ1) is 13.6. The molecule has 6 nitrogen and oxygen atoms in total. The maximum atomic E-state index is 12.8. The minimum absolute atomic E-state index is 0.236. The predicted octanol–water partition coefficient (Wildman–Crippen LogP) is 4.39. The van der Waals surface area contributed by atoms with Crippen molar-refractivity contribution in [2.24, 2.45) is 0 Å². The van der Waals surface area contributed by atoms with Crippen LogP contribution in [0.4, 0.5) is 5.00 Å². The molecule has 0 aliphatic heterocycles. The van der Waals surface area contributed by atoms with Gasteiger partial charge in [-0.05, 0) is 40.2 Å². The lowest BCUT2D eigenvalue weighted by molar-refractivity contribution is -0.125. The lowest BCUT2D eigenvalue weighted by atomic mass is 10.0. The number of nitrogens with one attached hydrogen (secondary N) is 2. The Morgan fingerprint density at radius 3 is 2.34 bits per heavy atom. The summed E-state index contributed by atoms with van der Waals surface area (Å²) >= 11 is 1.24. The van der Waals surface area contributed by atoms with Gasteiger partial charge >= 0.3 is 5.97 Å². The maximum Gasteiger partial charge on any atom is 0.342 e. The largest absolute Gasteiger partial charge is 0.452 e. The smallest absolute Gasteiger partial charge is 0.342 e. The van der Waals surface area contributed by atoms with Gasteiger partial charge in [-0.15, -0.1) is 11.3 Å². The van der Waals surface area contributed by atoms with Crippen LogP contribution in [0, 0.1) is 0 Å². The zero-order chi connectivity index (χ0) is 21.6. The number of hydrogen-bond acceptors (Lipinski definition) is 5. The Kier molecular flexibility index (Phi) is 7.34. The van der Waals surface area contributed by atoms with Crippen molar-refractivity contribution in [1.82, 2.24) is 5.32 Å². The second-order valence-corrected chi connectivity index (χ2v) is 8.68. The van der Waals surface area contributed by atoms with Gasteiger partial charge in [-0.1, -0.05) is 35.9 Å². The lowest BCUT2D eigenvalue weighted by Crippen LogP contribution is -2.42. The highest BCUT2D eigenvalue weighted by atomic mass is 32.1. The number of carbonyl (C=O) groups excluding carboxylic acids is 3. The van der Waals surface area contributed by atoms with Crippen molar-refractivity contribution in [2.75, 3.05) is 11.9 Å². The fourth-order valence-electron chi connectivity index (χ4n) is 2.55. The van der Waals surface area contributed by atoms with Crippen molar-refractivity contribution in [3.05, 3.63) is 52.9 Å². The molecule has 154 valence electrons. The van der Waals surface area contributed by atoms with E-state index in [0.29, 0.717) is 10.6 Å². The Labute approximate surface area is 175 Å². The van der Waals surface area contributed by atoms with E-state index in [4.69, 9.17) is 4.74 Å². The molecule has 0 saturated carbocycles. The van der Waals surface area contributed by atoms with Crippen molar-refractivity contribution in [2.45, 2.75) is 40.2 Å². The molecule has 0 bridgehead atoms. The molecule has 1 aromatic heterocycles. The van der Waals surface area contributed by atoms with Crippen molar-refractivity contribution in [3.63, 3.8) is 0 Å². The first-order valence-corrected chi connectivity index (χ1v) is 10.1. The summed E-state index contributed by atoms with van der Waals surface area (Å²) in [5.74, 6) is -1.38. The second-order valence-electron chi connectivity index (χ2n) is 7.80. The van der Waals surface area contributed by atoms with E-state index >= 15 is 0 Å². The molecule has 0 aliphatic carbocycles. The van der Waals surface area contributed by atoms with E-state index in [9.17, 15) is 14.4 Å². The topological polar surface area (TPSA) is 84.5 Å². The molecular formula is C22H26N2O4S. The zero-order valence-electron chi connectivity index (χ0n) is 17.3.